The van der Waals surface area contributed by atoms with Gasteiger partial charge in [-0.3, -0.25) is 9.59 Å². The lowest BCUT2D eigenvalue weighted by Gasteiger charge is -2.16. The molecule has 24 heavy (non-hydrogen) atoms. The minimum atomic E-state index is -0.446. The first kappa shape index (κ1) is 16.2. The molecule has 0 aliphatic heterocycles. The number of hydrogen-bond donors (Lipinski definition) is 1. The van der Waals surface area contributed by atoms with Gasteiger partial charge in [0, 0.05) is 5.69 Å². The zero-order chi connectivity index (χ0) is 17.4. The van der Waals surface area contributed by atoms with Crippen LogP contribution in [0.5, 0.6) is 0 Å². The monoisotopic (exact) mass is 319 g/mol. The van der Waals surface area contributed by atoms with Crippen LogP contribution in [0.15, 0.2) is 52.1 Å². The van der Waals surface area contributed by atoms with Crippen molar-refractivity contribution in [2.45, 2.75) is 33.6 Å². The normalized spacial score (nSPS) is 11.2. The molecule has 3 rings (SSSR count). The molecule has 0 saturated carbocycles. The van der Waals surface area contributed by atoms with E-state index in [1.54, 1.807) is 0 Å². The van der Waals surface area contributed by atoms with Gasteiger partial charge in [-0.25, -0.2) is 0 Å². The quantitative estimate of drug-likeness (QED) is 0.723. The average Bonchev–Trinajstić information content (AvgIpc) is 2.56. The third-order valence-electron chi connectivity index (χ3n) is 4.42. The van der Waals surface area contributed by atoms with E-state index in [1.165, 1.54) is 5.56 Å². The van der Waals surface area contributed by atoms with Crippen LogP contribution in [-0.4, -0.2) is 0 Å². The van der Waals surface area contributed by atoms with Crippen molar-refractivity contribution in [1.82, 2.24) is 0 Å². The highest BCUT2D eigenvalue weighted by Crippen LogP contribution is 2.29. The van der Waals surface area contributed by atoms with Crippen LogP contribution in [-0.2, 0) is 0 Å². The Bertz CT molecular complexity index is 959. The van der Waals surface area contributed by atoms with Gasteiger partial charge >= 0.3 is 0 Å². The molecule has 3 nitrogen and oxygen atoms in total. The summed E-state index contributed by atoms with van der Waals surface area (Å²) < 4.78 is 0. The standard InChI is InChI=1S/C21H21NO2/c1-12(2)15-6-8-16(9-7-15)18-19(21(24)20(18)23)22-17-10-5-13(3)11-14(17)4/h5-12,22H,1-4H3. The highest BCUT2D eigenvalue weighted by Gasteiger charge is 2.22. The zero-order valence-electron chi connectivity index (χ0n) is 14.4. The van der Waals surface area contributed by atoms with Crippen LogP contribution in [0.3, 0.4) is 0 Å². The van der Waals surface area contributed by atoms with Gasteiger partial charge in [0.05, 0.1) is 5.56 Å². The highest BCUT2D eigenvalue weighted by molar-refractivity contribution is 5.85. The molecule has 0 saturated heterocycles. The smallest absolute Gasteiger partial charge is 0.250 e. The number of aryl methyl sites for hydroxylation is 2. The van der Waals surface area contributed by atoms with E-state index in [0.29, 0.717) is 17.2 Å². The molecule has 0 atom stereocenters. The van der Waals surface area contributed by atoms with Crippen LogP contribution >= 0.6 is 0 Å². The lowest BCUT2D eigenvalue weighted by atomic mass is 9.95. The van der Waals surface area contributed by atoms with Gasteiger partial charge in [-0.2, -0.15) is 0 Å². The Kier molecular flexibility index (Phi) is 4.10. The first-order chi connectivity index (χ1) is 11.4. The fraction of sp³-hybridized carbons (Fsp3) is 0.238. The first-order valence-electron chi connectivity index (χ1n) is 8.16. The highest BCUT2D eigenvalue weighted by atomic mass is 16.2. The van der Waals surface area contributed by atoms with Gasteiger partial charge in [0.1, 0.15) is 5.69 Å². The summed E-state index contributed by atoms with van der Waals surface area (Å²) in [6.45, 7) is 8.26. The van der Waals surface area contributed by atoms with Crippen molar-refractivity contribution >= 4 is 11.4 Å². The minimum Gasteiger partial charge on any atom is -0.351 e. The summed E-state index contributed by atoms with van der Waals surface area (Å²) in [5.41, 5.74) is 5.07. The number of anilines is 2. The summed E-state index contributed by atoms with van der Waals surface area (Å²) in [7, 11) is 0. The molecule has 0 aliphatic carbocycles. The summed E-state index contributed by atoms with van der Waals surface area (Å²) >= 11 is 0. The SMILES string of the molecule is Cc1ccc(Nc2c(-c3ccc(C(C)C)cc3)c(=O)c2=O)c(C)c1. The fourth-order valence-corrected chi connectivity index (χ4v) is 2.91. The molecule has 0 aliphatic rings. The van der Waals surface area contributed by atoms with Gasteiger partial charge in [0.15, 0.2) is 0 Å². The zero-order valence-corrected chi connectivity index (χ0v) is 14.4. The number of nitrogens with one attached hydrogen (secondary N) is 1. The summed E-state index contributed by atoms with van der Waals surface area (Å²) in [5.74, 6) is 0.430. The Morgan fingerprint density at radius 1 is 0.875 bits per heavy atom. The van der Waals surface area contributed by atoms with Crippen molar-refractivity contribution in [3.63, 3.8) is 0 Å². The van der Waals surface area contributed by atoms with Crippen molar-refractivity contribution in [3.05, 3.63) is 79.6 Å². The summed E-state index contributed by atoms with van der Waals surface area (Å²) in [6, 6.07) is 13.8. The molecule has 3 aromatic carbocycles. The minimum absolute atomic E-state index is 0.393. The van der Waals surface area contributed by atoms with E-state index in [0.717, 1.165) is 22.4 Å². The van der Waals surface area contributed by atoms with Gasteiger partial charge in [-0.05, 0) is 42.5 Å². The average molecular weight is 319 g/mol. The molecular weight excluding hydrogens is 298 g/mol. The van der Waals surface area contributed by atoms with E-state index in [9.17, 15) is 9.59 Å². The number of rotatable bonds is 4. The fourth-order valence-electron chi connectivity index (χ4n) is 2.91. The summed E-state index contributed by atoms with van der Waals surface area (Å²) in [4.78, 5) is 24.1. The van der Waals surface area contributed by atoms with Crippen molar-refractivity contribution in [2.24, 2.45) is 0 Å². The Hall–Kier alpha value is -2.68. The first-order valence-corrected chi connectivity index (χ1v) is 8.16. The predicted octanol–water partition coefficient (Wildman–Crippen LogP) is 4.43. The molecule has 0 radical (unpaired) electrons. The second-order valence-electron chi connectivity index (χ2n) is 6.63. The van der Waals surface area contributed by atoms with Crippen molar-refractivity contribution in [3.8, 4) is 11.1 Å². The molecule has 0 heterocycles. The predicted molar refractivity (Wildman–Crippen MR) is 100 cm³/mol. The van der Waals surface area contributed by atoms with Crippen LogP contribution < -0.4 is 16.2 Å². The number of hydrogen-bond acceptors (Lipinski definition) is 3. The van der Waals surface area contributed by atoms with Crippen molar-refractivity contribution < 1.29 is 0 Å². The van der Waals surface area contributed by atoms with Crippen LogP contribution in [0, 0.1) is 13.8 Å². The number of benzene rings is 2. The van der Waals surface area contributed by atoms with E-state index < -0.39 is 10.9 Å². The molecule has 0 amide bonds. The molecule has 122 valence electrons. The molecule has 0 unspecified atom stereocenters. The van der Waals surface area contributed by atoms with Gasteiger partial charge < -0.3 is 5.32 Å². The topological polar surface area (TPSA) is 46.2 Å². The Morgan fingerprint density at radius 3 is 2.12 bits per heavy atom. The van der Waals surface area contributed by atoms with Crippen LogP contribution in [0.25, 0.3) is 11.1 Å². The van der Waals surface area contributed by atoms with E-state index >= 15 is 0 Å². The van der Waals surface area contributed by atoms with E-state index in [2.05, 4.69) is 19.2 Å². The molecule has 3 aromatic rings. The van der Waals surface area contributed by atoms with Crippen LogP contribution in [0.4, 0.5) is 11.4 Å². The van der Waals surface area contributed by atoms with Gasteiger partial charge in [-0.1, -0.05) is 55.8 Å². The van der Waals surface area contributed by atoms with Gasteiger partial charge in [-0.15, -0.1) is 0 Å². The second kappa shape index (κ2) is 6.08. The second-order valence-corrected chi connectivity index (χ2v) is 6.63. The molecule has 0 bridgehead atoms. The van der Waals surface area contributed by atoms with E-state index in [-0.39, 0.29) is 0 Å². The summed E-state index contributed by atoms with van der Waals surface area (Å²) in [6.07, 6.45) is 0. The Balaban J connectivity index is 1.98. The maximum Gasteiger partial charge on any atom is 0.250 e. The van der Waals surface area contributed by atoms with Crippen molar-refractivity contribution in [1.29, 1.82) is 0 Å². The van der Waals surface area contributed by atoms with Gasteiger partial charge in [0.2, 0.25) is 5.43 Å². The third kappa shape index (κ3) is 2.78. The molecule has 0 aromatic heterocycles. The lowest BCUT2D eigenvalue weighted by Crippen LogP contribution is -2.35. The molecule has 1 N–H and O–H groups in total. The van der Waals surface area contributed by atoms with Crippen molar-refractivity contribution in [2.75, 3.05) is 5.32 Å². The van der Waals surface area contributed by atoms with Crippen LogP contribution in [0.1, 0.15) is 36.5 Å². The maximum absolute atomic E-state index is 12.1. The van der Waals surface area contributed by atoms with E-state index in [1.807, 2.05) is 56.3 Å². The molecular formula is C21H21NO2. The Labute approximate surface area is 141 Å². The van der Waals surface area contributed by atoms with E-state index in [4.69, 9.17) is 0 Å². The summed E-state index contributed by atoms with van der Waals surface area (Å²) in [5, 5.41) is 3.15. The Morgan fingerprint density at radius 2 is 1.54 bits per heavy atom. The molecule has 3 heteroatoms. The largest absolute Gasteiger partial charge is 0.351 e. The third-order valence-corrected chi connectivity index (χ3v) is 4.42. The van der Waals surface area contributed by atoms with Crippen LogP contribution in [0.2, 0.25) is 0 Å². The maximum atomic E-state index is 12.1. The lowest BCUT2D eigenvalue weighted by molar-refractivity contribution is 0.867. The van der Waals surface area contributed by atoms with Gasteiger partial charge in [0.25, 0.3) is 5.43 Å². The molecule has 0 spiro atoms. The molecule has 0 fully saturated rings.